The Kier molecular flexibility index (Phi) is 1.78. The van der Waals surface area contributed by atoms with Crippen molar-refractivity contribution in [2.45, 2.75) is 19.3 Å². The fourth-order valence-electron chi connectivity index (χ4n) is 0.840. The summed E-state index contributed by atoms with van der Waals surface area (Å²) >= 11 is 0. The molecule has 0 saturated carbocycles. The first-order valence-corrected chi connectivity index (χ1v) is 3.06. The zero-order valence-corrected chi connectivity index (χ0v) is 5.26. The van der Waals surface area contributed by atoms with E-state index in [1.807, 2.05) is 0 Å². The molecular formula is C7H9NO. The van der Waals surface area contributed by atoms with Crippen LogP contribution in [-0.2, 0) is 4.79 Å². The van der Waals surface area contributed by atoms with Crippen molar-refractivity contribution in [1.29, 1.82) is 0 Å². The molecule has 0 spiro atoms. The highest BCUT2D eigenvalue weighted by atomic mass is 16.1. The summed E-state index contributed by atoms with van der Waals surface area (Å²) in [6.45, 7) is 3.54. The van der Waals surface area contributed by atoms with Crippen molar-refractivity contribution in [3.8, 4) is 0 Å². The maximum atomic E-state index is 10.6. The fraction of sp³-hybridized carbons (Fsp3) is 0.429. The highest BCUT2D eigenvalue weighted by molar-refractivity contribution is 6.03. The molecule has 0 bridgehead atoms. The first kappa shape index (κ1) is 6.20. The van der Waals surface area contributed by atoms with E-state index in [1.54, 1.807) is 6.08 Å². The maximum Gasteiger partial charge on any atom is 0.245 e. The van der Waals surface area contributed by atoms with Gasteiger partial charge < -0.3 is 0 Å². The number of hydrogen-bond donors (Lipinski definition) is 0. The molecule has 2 nitrogen and oxygen atoms in total. The smallest absolute Gasteiger partial charge is 0.245 e. The molecule has 1 amide bonds. The summed E-state index contributed by atoms with van der Waals surface area (Å²) in [5, 5.41) is 0. The molecule has 48 valence electrons. The Morgan fingerprint density at radius 3 is 2.78 bits per heavy atom. The summed E-state index contributed by atoms with van der Waals surface area (Å²) in [6.07, 6.45) is 4.10. The van der Waals surface area contributed by atoms with Gasteiger partial charge >= 0.3 is 0 Å². The Labute approximate surface area is 54.3 Å². The lowest BCUT2D eigenvalue weighted by Crippen LogP contribution is -2.07. The third kappa shape index (κ3) is 1.49. The van der Waals surface area contributed by atoms with Gasteiger partial charge in [0.15, 0.2) is 0 Å². The lowest BCUT2D eigenvalue weighted by Gasteiger charge is -2.04. The largest absolute Gasteiger partial charge is 0.273 e. The van der Waals surface area contributed by atoms with E-state index < -0.39 is 0 Å². The Hall–Kier alpha value is -0.920. The highest BCUT2D eigenvalue weighted by Gasteiger charge is 2.07. The van der Waals surface area contributed by atoms with Crippen LogP contribution in [-0.4, -0.2) is 11.6 Å². The van der Waals surface area contributed by atoms with E-state index in [4.69, 9.17) is 0 Å². The number of carbonyl (C=O) groups is 1. The number of allylic oxidation sites excluding steroid dienone is 1. The van der Waals surface area contributed by atoms with Gasteiger partial charge in [0, 0.05) is 12.1 Å². The molecule has 0 fully saturated rings. The zero-order chi connectivity index (χ0) is 6.69. The van der Waals surface area contributed by atoms with E-state index in [9.17, 15) is 4.79 Å². The molecule has 0 aromatic rings. The van der Waals surface area contributed by atoms with Crippen molar-refractivity contribution in [2.75, 3.05) is 0 Å². The SMILES string of the molecule is C=CC1=NC(=O)CCC1. The van der Waals surface area contributed by atoms with Crippen molar-refractivity contribution in [2.24, 2.45) is 4.99 Å². The fourth-order valence-corrected chi connectivity index (χ4v) is 0.840. The van der Waals surface area contributed by atoms with Gasteiger partial charge in [-0.15, -0.1) is 0 Å². The summed E-state index contributed by atoms with van der Waals surface area (Å²) in [7, 11) is 0. The lowest BCUT2D eigenvalue weighted by atomic mass is 10.1. The van der Waals surface area contributed by atoms with E-state index in [2.05, 4.69) is 11.6 Å². The first-order valence-electron chi connectivity index (χ1n) is 3.06. The average Bonchev–Trinajstić information content (AvgIpc) is 1.88. The third-order valence-corrected chi connectivity index (χ3v) is 1.33. The van der Waals surface area contributed by atoms with Gasteiger partial charge in [0.05, 0.1) is 0 Å². The molecule has 9 heavy (non-hydrogen) atoms. The van der Waals surface area contributed by atoms with E-state index >= 15 is 0 Å². The van der Waals surface area contributed by atoms with Crippen molar-refractivity contribution in [1.82, 2.24) is 0 Å². The van der Waals surface area contributed by atoms with Crippen LogP contribution in [0.15, 0.2) is 17.6 Å². The minimum absolute atomic E-state index is 0.00356. The van der Waals surface area contributed by atoms with Crippen LogP contribution in [0.2, 0.25) is 0 Å². The monoisotopic (exact) mass is 123 g/mol. The van der Waals surface area contributed by atoms with Crippen molar-refractivity contribution < 1.29 is 4.79 Å². The number of carbonyl (C=O) groups excluding carboxylic acids is 1. The summed E-state index contributed by atoms with van der Waals surface area (Å²) < 4.78 is 0. The van der Waals surface area contributed by atoms with Gasteiger partial charge in [-0.2, -0.15) is 0 Å². The number of nitrogens with zero attached hydrogens (tertiary/aromatic N) is 1. The Balaban J connectivity index is 2.70. The second-order valence-electron chi connectivity index (χ2n) is 2.05. The van der Waals surface area contributed by atoms with Gasteiger partial charge in [-0.3, -0.25) is 4.79 Å². The third-order valence-electron chi connectivity index (χ3n) is 1.33. The molecule has 1 rings (SSSR count). The van der Waals surface area contributed by atoms with Gasteiger partial charge in [0.25, 0.3) is 0 Å². The van der Waals surface area contributed by atoms with Gasteiger partial charge in [-0.1, -0.05) is 6.58 Å². The van der Waals surface area contributed by atoms with E-state index in [-0.39, 0.29) is 5.91 Å². The average molecular weight is 123 g/mol. The van der Waals surface area contributed by atoms with Crippen LogP contribution in [0, 0.1) is 0 Å². The van der Waals surface area contributed by atoms with Crippen LogP contribution in [0.3, 0.4) is 0 Å². The molecule has 0 N–H and O–H groups in total. The lowest BCUT2D eigenvalue weighted by molar-refractivity contribution is -0.118. The topological polar surface area (TPSA) is 29.4 Å². The van der Waals surface area contributed by atoms with Crippen LogP contribution in [0.25, 0.3) is 0 Å². The molecule has 0 radical (unpaired) electrons. The maximum absolute atomic E-state index is 10.6. The molecule has 0 aromatic heterocycles. The standard InChI is InChI=1S/C7H9NO/c1-2-6-4-3-5-7(9)8-6/h2H,1,3-5H2. The molecule has 0 saturated heterocycles. The van der Waals surface area contributed by atoms with E-state index in [0.717, 1.165) is 18.6 Å². The quantitative estimate of drug-likeness (QED) is 0.517. The van der Waals surface area contributed by atoms with E-state index in [1.165, 1.54) is 0 Å². The Morgan fingerprint density at radius 2 is 2.33 bits per heavy atom. The molecular weight excluding hydrogens is 114 g/mol. The molecule has 1 aliphatic rings. The predicted octanol–water partition coefficient (Wildman–Crippen LogP) is 1.32. The van der Waals surface area contributed by atoms with Gasteiger partial charge in [-0.05, 0) is 18.9 Å². The zero-order valence-electron chi connectivity index (χ0n) is 5.26. The van der Waals surface area contributed by atoms with Crippen LogP contribution in [0.5, 0.6) is 0 Å². The number of rotatable bonds is 1. The number of aliphatic imine (C=N–C) groups is 1. The van der Waals surface area contributed by atoms with Gasteiger partial charge in [0.1, 0.15) is 0 Å². The normalized spacial score (nSPS) is 19.1. The molecule has 1 aliphatic heterocycles. The molecule has 0 atom stereocenters. The van der Waals surface area contributed by atoms with E-state index in [0.29, 0.717) is 6.42 Å². The summed E-state index contributed by atoms with van der Waals surface area (Å²) in [4.78, 5) is 14.4. The molecule has 0 unspecified atom stereocenters. The van der Waals surface area contributed by atoms with Crippen molar-refractivity contribution in [3.63, 3.8) is 0 Å². The first-order chi connectivity index (χ1) is 4.33. The highest BCUT2D eigenvalue weighted by Crippen LogP contribution is 2.07. The summed E-state index contributed by atoms with van der Waals surface area (Å²) in [5.74, 6) is -0.00356. The minimum atomic E-state index is -0.00356. The summed E-state index contributed by atoms with van der Waals surface area (Å²) in [6, 6.07) is 0. The second-order valence-corrected chi connectivity index (χ2v) is 2.05. The Morgan fingerprint density at radius 1 is 1.56 bits per heavy atom. The van der Waals surface area contributed by atoms with Crippen molar-refractivity contribution >= 4 is 11.6 Å². The second kappa shape index (κ2) is 2.58. The number of amides is 1. The van der Waals surface area contributed by atoms with Crippen LogP contribution < -0.4 is 0 Å². The molecule has 0 aromatic carbocycles. The van der Waals surface area contributed by atoms with Crippen LogP contribution in [0.1, 0.15) is 19.3 Å². The summed E-state index contributed by atoms with van der Waals surface area (Å²) in [5.41, 5.74) is 0.839. The van der Waals surface area contributed by atoms with Gasteiger partial charge in [0.2, 0.25) is 5.91 Å². The molecule has 0 aliphatic carbocycles. The van der Waals surface area contributed by atoms with Crippen LogP contribution >= 0.6 is 0 Å². The molecule has 1 heterocycles. The predicted molar refractivity (Wildman–Crippen MR) is 36.5 cm³/mol. The Bertz CT molecular complexity index is 170. The molecule has 2 heteroatoms. The van der Waals surface area contributed by atoms with Gasteiger partial charge in [-0.25, -0.2) is 4.99 Å². The minimum Gasteiger partial charge on any atom is -0.273 e. The van der Waals surface area contributed by atoms with Crippen LogP contribution in [0.4, 0.5) is 0 Å². The van der Waals surface area contributed by atoms with Crippen molar-refractivity contribution in [3.05, 3.63) is 12.7 Å². The number of hydrogen-bond acceptors (Lipinski definition) is 1.